The van der Waals surface area contributed by atoms with Gasteiger partial charge in [0, 0.05) is 11.6 Å². The Morgan fingerprint density at radius 3 is 2.92 bits per heavy atom. The fourth-order valence-electron chi connectivity index (χ4n) is 1.05. The minimum absolute atomic E-state index is 0.674. The number of hydrogen-bond donors (Lipinski definition) is 0. The van der Waals surface area contributed by atoms with Gasteiger partial charge in [-0.3, -0.25) is 0 Å². The van der Waals surface area contributed by atoms with Crippen molar-refractivity contribution in [1.82, 2.24) is 0 Å². The fourth-order valence-corrected chi connectivity index (χ4v) is 1.49. The average Bonchev–Trinajstić information content (AvgIpc) is 2.17. The zero-order chi connectivity index (χ0) is 9.68. The first-order chi connectivity index (χ1) is 6.27. The largest absolute Gasteiger partial charge is 0.384 e. The standard InChI is InChI=1S/C10H10BrNO/c1-13-5-4-9-6-8(7-12)2-3-10(9)11/h2-3,6H,4-5H2,1H3. The minimum Gasteiger partial charge on any atom is -0.384 e. The molecule has 0 aromatic heterocycles. The molecule has 0 saturated carbocycles. The molecule has 0 amide bonds. The Morgan fingerprint density at radius 2 is 2.31 bits per heavy atom. The van der Waals surface area contributed by atoms with Crippen molar-refractivity contribution in [2.24, 2.45) is 0 Å². The van der Waals surface area contributed by atoms with Crippen molar-refractivity contribution in [2.45, 2.75) is 6.42 Å². The Hall–Kier alpha value is -0.850. The molecule has 0 N–H and O–H groups in total. The Bertz CT molecular complexity index is 330. The lowest BCUT2D eigenvalue weighted by molar-refractivity contribution is 0.202. The van der Waals surface area contributed by atoms with Crippen LogP contribution in [0.5, 0.6) is 0 Å². The molecular formula is C10H10BrNO. The number of ether oxygens (including phenoxy) is 1. The molecule has 0 spiro atoms. The highest BCUT2D eigenvalue weighted by Gasteiger charge is 2.00. The van der Waals surface area contributed by atoms with E-state index >= 15 is 0 Å². The molecule has 1 rings (SSSR count). The first kappa shape index (κ1) is 10.2. The van der Waals surface area contributed by atoms with Crippen LogP contribution in [-0.4, -0.2) is 13.7 Å². The molecule has 0 fully saturated rings. The molecule has 0 bridgehead atoms. The minimum atomic E-state index is 0.674. The smallest absolute Gasteiger partial charge is 0.0991 e. The molecule has 0 aliphatic carbocycles. The van der Waals surface area contributed by atoms with Crippen LogP contribution in [0.2, 0.25) is 0 Å². The molecule has 0 saturated heterocycles. The second kappa shape index (κ2) is 5.00. The van der Waals surface area contributed by atoms with E-state index in [1.165, 1.54) is 0 Å². The molecular weight excluding hydrogens is 230 g/mol. The number of nitriles is 1. The lowest BCUT2D eigenvalue weighted by Gasteiger charge is -2.03. The van der Waals surface area contributed by atoms with E-state index in [9.17, 15) is 0 Å². The van der Waals surface area contributed by atoms with Gasteiger partial charge >= 0.3 is 0 Å². The summed E-state index contributed by atoms with van der Waals surface area (Å²) in [6, 6.07) is 7.67. The third kappa shape index (κ3) is 2.83. The van der Waals surface area contributed by atoms with Crippen LogP contribution in [-0.2, 0) is 11.2 Å². The van der Waals surface area contributed by atoms with Crippen LogP contribution >= 0.6 is 15.9 Å². The monoisotopic (exact) mass is 239 g/mol. The van der Waals surface area contributed by atoms with Gasteiger partial charge in [-0.05, 0) is 30.2 Å². The number of halogens is 1. The summed E-state index contributed by atoms with van der Waals surface area (Å²) in [4.78, 5) is 0. The number of rotatable bonds is 3. The molecule has 0 unspecified atom stereocenters. The van der Waals surface area contributed by atoms with E-state index in [0.717, 1.165) is 16.5 Å². The summed E-state index contributed by atoms with van der Waals surface area (Å²) in [7, 11) is 1.67. The van der Waals surface area contributed by atoms with Gasteiger partial charge in [-0.25, -0.2) is 0 Å². The summed E-state index contributed by atoms with van der Waals surface area (Å²) in [5.41, 5.74) is 1.80. The summed E-state index contributed by atoms with van der Waals surface area (Å²) in [6.45, 7) is 0.674. The second-order valence-corrected chi connectivity index (χ2v) is 3.52. The summed E-state index contributed by atoms with van der Waals surface area (Å²) in [5.74, 6) is 0. The molecule has 1 aromatic rings. The van der Waals surface area contributed by atoms with Crippen LogP contribution in [0.1, 0.15) is 11.1 Å². The SMILES string of the molecule is COCCc1cc(C#N)ccc1Br. The lowest BCUT2D eigenvalue weighted by Crippen LogP contribution is -1.95. The number of methoxy groups -OCH3 is 1. The quantitative estimate of drug-likeness (QED) is 0.813. The van der Waals surface area contributed by atoms with Gasteiger partial charge in [-0.15, -0.1) is 0 Å². The predicted molar refractivity (Wildman–Crippen MR) is 54.4 cm³/mol. The van der Waals surface area contributed by atoms with Gasteiger partial charge in [-0.2, -0.15) is 5.26 Å². The van der Waals surface area contributed by atoms with Crippen LogP contribution < -0.4 is 0 Å². The maximum atomic E-state index is 8.68. The molecule has 13 heavy (non-hydrogen) atoms. The van der Waals surface area contributed by atoms with Crippen LogP contribution in [0.15, 0.2) is 22.7 Å². The molecule has 2 nitrogen and oxygen atoms in total. The topological polar surface area (TPSA) is 33.0 Å². The maximum Gasteiger partial charge on any atom is 0.0991 e. The van der Waals surface area contributed by atoms with Gasteiger partial charge in [0.05, 0.1) is 18.2 Å². The maximum absolute atomic E-state index is 8.68. The molecule has 68 valence electrons. The van der Waals surface area contributed by atoms with Crippen molar-refractivity contribution in [1.29, 1.82) is 5.26 Å². The molecule has 3 heteroatoms. The molecule has 0 aliphatic heterocycles. The molecule has 1 aromatic carbocycles. The van der Waals surface area contributed by atoms with E-state index in [1.807, 2.05) is 12.1 Å². The highest BCUT2D eigenvalue weighted by atomic mass is 79.9. The third-order valence-corrected chi connectivity index (χ3v) is 2.52. The Balaban J connectivity index is 2.85. The van der Waals surface area contributed by atoms with E-state index in [-0.39, 0.29) is 0 Å². The van der Waals surface area contributed by atoms with E-state index in [4.69, 9.17) is 10.00 Å². The van der Waals surface area contributed by atoms with Gasteiger partial charge in [0.1, 0.15) is 0 Å². The van der Waals surface area contributed by atoms with E-state index in [0.29, 0.717) is 12.2 Å². The van der Waals surface area contributed by atoms with Gasteiger partial charge in [-0.1, -0.05) is 15.9 Å². The normalized spacial score (nSPS) is 9.62. The molecule has 0 radical (unpaired) electrons. The van der Waals surface area contributed by atoms with E-state index in [2.05, 4.69) is 22.0 Å². The van der Waals surface area contributed by atoms with Crippen molar-refractivity contribution >= 4 is 15.9 Å². The van der Waals surface area contributed by atoms with E-state index < -0.39 is 0 Å². The Labute approximate surface area is 86.3 Å². The average molecular weight is 240 g/mol. The van der Waals surface area contributed by atoms with Crippen LogP contribution in [0, 0.1) is 11.3 Å². The van der Waals surface area contributed by atoms with Crippen molar-refractivity contribution in [3.05, 3.63) is 33.8 Å². The first-order valence-corrected chi connectivity index (χ1v) is 4.74. The lowest BCUT2D eigenvalue weighted by atomic mass is 10.1. The Morgan fingerprint density at radius 1 is 1.54 bits per heavy atom. The Kier molecular flexibility index (Phi) is 3.94. The second-order valence-electron chi connectivity index (χ2n) is 2.66. The first-order valence-electron chi connectivity index (χ1n) is 3.95. The van der Waals surface area contributed by atoms with Crippen LogP contribution in [0.25, 0.3) is 0 Å². The molecule has 0 aliphatic rings. The van der Waals surface area contributed by atoms with Crippen LogP contribution in [0.4, 0.5) is 0 Å². The fraction of sp³-hybridized carbons (Fsp3) is 0.300. The zero-order valence-electron chi connectivity index (χ0n) is 7.38. The van der Waals surface area contributed by atoms with Gasteiger partial charge in [0.2, 0.25) is 0 Å². The third-order valence-electron chi connectivity index (χ3n) is 1.75. The van der Waals surface area contributed by atoms with Gasteiger partial charge < -0.3 is 4.74 Å². The summed E-state index contributed by atoms with van der Waals surface area (Å²) >= 11 is 3.42. The molecule has 0 heterocycles. The highest BCUT2D eigenvalue weighted by Crippen LogP contribution is 2.18. The van der Waals surface area contributed by atoms with Crippen molar-refractivity contribution in [2.75, 3.05) is 13.7 Å². The van der Waals surface area contributed by atoms with Gasteiger partial charge in [0.15, 0.2) is 0 Å². The highest BCUT2D eigenvalue weighted by molar-refractivity contribution is 9.10. The summed E-state index contributed by atoms with van der Waals surface area (Å²) < 4.78 is 6.00. The zero-order valence-corrected chi connectivity index (χ0v) is 8.97. The molecule has 0 atom stereocenters. The van der Waals surface area contributed by atoms with E-state index in [1.54, 1.807) is 13.2 Å². The summed E-state index contributed by atoms with van der Waals surface area (Å²) in [5, 5.41) is 8.68. The number of benzene rings is 1. The summed E-state index contributed by atoms with van der Waals surface area (Å²) in [6.07, 6.45) is 0.826. The van der Waals surface area contributed by atoms with Crippen molar-refractivity contribution < 1.29 is 4.74 Å². The number of nitrogens with zero attached hydrogens (tertiary/aromatic N) is 1. The van der Waals surface area contributed by atoms with Gasteiger partial charge in [0.25, 0.3) is 0 Å². The predicted octanol–water partition coefficient (Wildman–Crippen LogP) is 2.51. The number of hydrogen-bond acceptors (Lipinski definition) is 2. The van der Waals surface area contributed by atoms with Crippen molar-refractivity contribution in [3.8, 4) is 6.07 Å². The van der Waals surface area contributed by atoms with Crippen molar-refractivity contribution in [3.63, 3.8) is 0 Å². The van der Waals surface area contributed by atoms with Crippen LogP contribution in [0.3, 0.4) is 0 Å².